The van der Waals surface area contributed by atoms with E-state index in [1.807, 2.05) is 26.8 Å². The standard InChI is InChI=1S/C13H19NO2S/c1-8-7-11(16-4)9(2)10(3)13(8)14-12(15)5-6-17/h7,17H,5-6H2,1-4H3,(H,14,15). The SMILES string of the molecule is COc1cc(C)c(NC(=O)CCS)c(C)c1C. The number of aryl methyl sites for hydroxylation is 1. The highest BCUT2D eigenvalue weighted by Crippen LogP contribution is 2.31. The van der Waals surface area contributed by atoms with Gasteiger partial charge < -0.3 is 10.1 Å². The van der Waals surface area contributed by atoms with Crippen LogP contribution in [0.25, 0.3) is 0 Å². The normalized spacial score (nSPS) is 10.2. The van der Waals surface area contributed by atoms with E-state index in [2.05, 4.69) is 17.9 Å². The summed E-state index contributed by atoms with van der Waals surface area (Å²) >= 11 is 4.05. The lowest BCUT2D eigenvalue weighted by Crippen LogP contribution is -2.14. The Morgan fingerprint density at radius 3 is 2.53 bits per heavy atom. The van der Waals surface area contributed by atoms with Gasteiger partial charge in [0.15, 0.2) is 0 Å². The number of benzene rings is 1. The maximum atomic E-state index is 11.6. The fraction of sp³-hybridized carbons (Fsp3) is 0.462. The third kappa shape index (κ3) is 3.16. The molecule has 0 radical (unpaired) electrons. The Bertz CT molecular complexity index is 430. The van der Waals surface area contributed by atoms with Gasteiger partial charge in [-0.3, -0.25) is 4.79 Å². The second-order valence-electron chi connectivity index (χ2n) is 4.04. The van der Waals surface area contributed by atoms with Gasteiger partial charge in [-0.15, -0.1) is 0 Å². The molecule has 0 spiro atoms. The number of ether oxygens (including phenoxy) is 1. The molecule has 0 aliphatic rings. The van der Waals surface area contributed by atoms with Crippen LogP contribution in [0, 0.1) is 20.8 Å². The summed E-state index contributed by atoms with van der Waals surface area (Å²) in [5.41, 5.74) is 4.00. The summed E-state index contributed by atoms with van der Waals surface area (Å²) < 4.78 is 5.29. The van der Waals surface area contributed by atoms with Gasteiger partial charge in [-0.05, 0) is 49.3 Å². The molecule has 0 saturated carbocycles. The molecule has 94 valence electrons. The van der Waals surface area contributed by atoms with Gasteiger partial charge >= 0.3 is 0 Å². The molecule has 1 amide bonds. The number of hydrogen-bond donors (Lipinski definition) is 2. The Kier molecular flexibility index (Phi) is 4.87. The van der Waals surface area contributed by atoms with Crippen molar-refractivity contribution in [1.29, 1.82) is 0 Å². The quantitative estimate of drug-likeness (QED) is 0.810. The van der Waals surface area contributed by atoms with Crippen molar-refractivity contribution in [3.05, 3.63) is 22.8 Å². The van der Waals surface area contributed by atoms with Gasteiger partial charge in [0.2, 0.25) is 5.91 Å². The lowest BCUT2D eigenvalue weighted by Gasteiger charge is -2.16. The van der Waals surface area contributed by atoms with Crippen LogP contribution in [0.5, 0.6) is 5.75 Å². The summed E-state index contributed by atoms with van der Waals surface area (Å²) in [6.45, 7) is 5.94. The molecule has 1 N–H and O–H groups in total. The predicted molar refractivity (Wildman–Crippen MR) is 74.3 cm³/mol. The third-order valence-corrected chi connectivity index (χ3v) is 3.10. The molecule has 0 fully saturated rings. The first kappa shape index (κ1) is 13.9. The molecule has 0 aromatic heterocycles. The third-order valence-electron chi connectivity index (χ3n) is 2.87. The number of methoxy groups -OCH3 is 1. The molecule has 1 aromatic rings. The molecular formula is C13H19NO2S. The summed E-state index contributed by atoms with van der Waals surface area (Å²) in [5, 5.41) is 2.93. The predicted octanol–water partition coefficient (Wildman–Crippen LogP) is 2.88. The minimum absolute atomic E-state index is 0.00392. The van der Waals surface area contributed by atoms with Crippen molar-refractivity contribution < 1.29 is 9.53 Å². The van der Waals surface area contributed by atoms with Crippen molar-refractivity contribution in [3.8, 4) is 5.75 Å². The highest BCUT2D eigenvalue weighted by molar-refractivity contribution is 7.80. The van der Waals surface area contributed by atoms with E-state index in [-0.39, 0.29) is 5.91 Å². The van der Waals surface area contributed by atoms with E-state index in [0.29, 0.717) is 12.2 Å². The van der Waals surface area contributed by atoms with Crippen LogP contribution in [0.4, 0.5) is 5.69 Å². The molecule has 0 unspecified atom stereocenters. The zero-order chi connectivity index (χ0) is 13.0. The van der Waals surface area contributed by atoms with Crippen LogP contribution in [0.3, 0.4) is 0 Å². The largest absolute Gasteiger partial charge is 0.496 e. The molecule has 1 aromatic carbocycles. The number of anilines is 1. The fourth-order valence-corrected chi connectivity index (χ4v) is 1.96. The molecule has 0 atom stereocenters. The Labute approximate surface area is 108 Å². The van der Waals surface area contributed by atoms with Crippen LogP contribution < -0.4 is 10.1 Å². The summed E-state index contributed by atoms with van der Waals surface area (Å²) in [7, 11) is 1.65. The number of amides is 1. The Balaban J connectivity index is 3.08. The maximum absolute atomic E-state index is 11.6. The van der Waals surface area contributed by atoms with Crippen LogP contribution in [-0.4, -0.2) is 18.8 Å². The molecule has 0 bridgehead atoms. The number of rotatable bonds is 4. The van der Waals surface area contributed by atoms with Crippen LogP contribution in [0.15, 0.2) is 6.07 Å². The maximum Gasteiger partial charge on any atom is 0.225 e. The molecule has 0 saturated heterocycles. The van der Waals surface area contributed by atoms with Crippen LogP contribution in [0.2, 0.25) is 0 Å². The van der Waals surface area contributed by atoms with E-state index >= 15 is 0 Å². The summed E-state index contributed by atoms with van der Waals surface area (Å²) in [6, 6.07) is 1.94. The van der Waals surface area contributed by atoms with Gasteiger partial charge in [0.1, 0.15) is 5.75 Å². The van der Waals surface area contributed by atoms with E-state index in [1.54, 1.807) is 7.11 Å². The first-order valence-corrected chi connectivity index (χ1v) is 6.20. The highest BCUT2D eigenvalue weighted by Gasteiger charge is 2.12. The molecule has 0 aliphatic carbocycles. The molecule has 0 aliphatic heterocycles. The molecular weight excluding hydrogens is 234 g/mol. The van der Waals surface area contributed by atoms with E-state index in [1.165, 1.54) is 0 Å². The van der Waals surface area contributed by atoms with E-state index in [0.717, 1.165) is 28.1 Å². The van der Waals surface area contributed by atoms with Gasteiger partial charge in [-0.1, -0.05) is 0 Å². The smallest absolute Gasteiger partial charge is 0.225 e. The van der Waals surface area contributed by atoms with Crippen molar-refractivity contribution in [2.45, 2.75) is 27.2 Å². The average Bonchev–Trinajstić information content (AvgIpc) is 2.29. The second-order valence-corrected chi connectivity index (χ2v) is 4.49. The molecule has 1 rings (SSSR count). The van der Waals surface area contributed by atoms with Crippen molar-refractivity contribution >= 4 is 24.2 Å². The van der Waals surface area contributed by atoms with Crippen molar-refractivity contribution in [2.75, 3.05) is 18.2 Å². The van der Waals surface area contributed by atoms with Crippen molar-refractivity contribution in [3.63, 3.8) is 0 Å². The number of thiol groups is 1. The average molecular weight is 253 g/mol. The van der Waals surface area contributed by atoms with Gasteiger partial charge in [0.05, 0.1) is 7.11 Å². The summed E-state index contributed by atoms with van der Waals surface area (Å²) in [4.78, 5) is 11.6. The number of hydrogen-bond acceptors (Lipinski definition) is 3. The number of carbonyl (C=O) groups is 1. The second kappa shape index (κ2) is 5.96. The minimum atomic E-state index is -0.00392. The van der Waals surface area contributed by atoms with Gasteiger partial charge in [0.25, 0.3) is 0 Å². The monoisotopic (exact) mass is 253 g/mol. The lowest BCUT2D eigenvalue weighted by molar-refractivity contribution is -0.115. The summed E-state index contributed by atoms with van der Waals surface area (Å²) in [5.74, 6) is 1.40. The van der Waals surface area contributed by atoms with Gasteiger partial charge in [-0.25, -0.2) is 0 Å². The van der Waals surface area contributed by atoms with Crippen LogP contribution in [-0.2, 0) is 4.79 Å². The first-order valence-electron chi connectivity index (χ1n) is 5.56. The van der Waals surface area contributed by atoms with Crippen molar-refractivity contribution in [1.82, 2.24) is 0 Å². The van der Waals surface area contributed by atoms with Crippen LogP contribution >= 0.6 is 12.6 Å². The van der Waals surface area contributed by atoms with Gasteiger partial charge in [-0.2, -0.15) is 12.6 Å². The Morgan fingerprint density at radius 1 is 1.35 bits per heavy atom. The lowest BCUT2D eigenvalue weighted by atomic mass is 10.0. The minimum Gasteiger partial charge on any atom is -0.496 e. The highest BCUT2D eigenvalue weighted by atomic mass is 32.1. The van der Waals surface area contributed by atoms with E-state index in [9.17, 15) is 4.79 Å². The van der Waals surface area contributed by atoms with Crippen LogP contribution in [0.1, 0.15) is 23.1 Å². The first-order chi connectivity index (χ1) is 8.01. The molecule has 4 heteroatoms. The zero-order valence-electron chi connectivity index (χ0n) is 10.8. The van der Waals surface area contributed by atoms with Crippen molar-refractivity contribution in [2.24, 2.45) is 0 Å². The molecule has 0 heterocycles. The summed E-state index contributed by atoms with van der Waals surface area (Å²) in [6.07, 6.45) is 0.424. The molecule has 17 heavy (non-hydrogen) atoms. The Morgan fingerprint density at radius 2 is 2.00 bits per heavy atom. The zero-order valence-corrected chi connectivity index (χ0v) is 11.6. The Hall–Kier alpha value is -1.16. The van der Waals surface area contributed by atoms with E-state index < -0.39 is 0 Å². The van der Waals surface area contributed by atoms with E-state index in [4.69, 9.17) is 4.74 Å². The fourth-order valence-electron chi connectivity index (χ4n) is 1.75. The molecule has 3 nitrogen and oxygen atoms in total. The topological polar surface area (TPSA) is 38.3 Å². The number of carbonyl (C=O) groups excluding carboxylic acids is 1. The van der Waals surface area contributed by atoms with Gasteiger partial charge in [0, 0.05) is 12.1 Å². The number of nitrogens with one attached hydrogen (secondary N) is 1.